The first kappa shape index (κ1) is 12.2. The van der Waals surface area contributed by atoms with Gasteiger partial charge in [-0.25, -0.2) is 0 Å². The number of hydrogen-bond acceptors (Lipinski definition) is 0. The molecule has 2 unspecified atom stereocenters. The number of benzene rings is 1. The predicted octanol–water partition coefficient (Wildman–Crippen LogP) is 4.73. The normalized spacial score (nSPS) is 25.2. The molecule has 1 aromatic rings. The molecule has 0 heteroatoms. The molecule has 0 N–H and O–H groups in total. The third kappa shape index (κ3) is 2.22. The van der Waals surface area contributed by atoms with Crippen molar-refractivity contribution in [2.75, 3.05) is 0 Å². The summed E-state index contributed by atoms with van der Waals surface area (Å²) in [5.74, 6) is 1.33. The van der Waals surface area contributed by atoms with Crippen molar-refractivity contribution in [1.29, 1.82) is 0 Å². The summed E-state index contributed by atoms with van der Waals surface area (Å²) in [6, 6.07) is 10.9. The van der Waals surface area contributed by atoms with Gasteiger partial charge in [-0.05, 0) is 23.8 Å². The maximum absolute atomic E-state index is 2.40. The molecule has 2 rings (SSSR count). The van der Waals surface area contributed by atoms with Crippen LogP contribution < -0.4 is 0 Å². The van der Waals surface area contributed by atoms with E-state index in [9.17, 15) is 0 Å². The minimum Gasteiger partial charge on any atom is -0.0833 e. The fourth-order valence-corrected chi connectivity index (χ4v) is 2.79. The Labute approximate surface area is 105 Å². The Bertz CT molecular complexity index is 411. The van der Waals surface area contributed by atoms with Gasteiger partial charge in [0.25, 0.3) is 0 Å². The second-order valence-corrected chi connectivity index (χ2v) is 5.43. The lowest BCUT2D eigenvalue weighted by atomic mass is 9.64. The molecule has 1 aromatic carbocycles. The average molecular weight is 226 g/mol. The van der Waals surface area contributed by atoms with Crippen molar-refractivity contribution < 1.29 is 0 Å². The van der Waals surface area contributed by atoms with E-state index in [-0.39, 0.29) is 5.41 Å². The van der Waals surface area contributed by atoms with Crippen LogP contribution in [0.2, 0.25) is 0 Å². The first-order valence-corrected chi connectivity index (χ1v) is 6.57. The zero-order valence-electron chi connectivity index (χ0n) is 11.1. The fourth-order valence-electron chi connectivity index (χ4n) is 2.79. The molecule has 1 aliphatic carbocycles. The molecule has 17 heavy (non-hydrogen) atoms. The van der Waals surface area contributed by atoms with Gasteiger partial charge < -0.3 is 0 Å². The minimum atomic E-state index is 0.185. The molecule has 0 heterocycles. The highest BCUT2D eigenvalue weighted by atomic mass is 14.4. The summed E-state index contributed by atoms with van der Waals surface area (Å²) in [4.78, 5) is 0. The van der Waals surface area contributed by atoms with Gasteiger partial charge in [0.2, 0.25) is 0 Å². The smallest absolute Gasteiger partial charge is 0.0197 e. The van der Waals surface area contributed by atoms with Crippen LogP contribution in [-0.4, -0.2) is 0 Å². The number of allylic oxidation sites excluding steroid dienone is 4. The summed E-state index contributed by atoms with van der Waals surface area (Å²) in [6.45, 7) is 7.02. The highest BCUT2D eigenvalue weighted by Gasteiger charge is 2.36. The molecule has 0 fully saturated rings. The van der Waals surface area contributed by atoms with E-state index < -0.39 is 0 Å². The molecule has 0 amide bonds. The molecule has 0 aromatic heterocycles. The minimum absolute atomic E-state index is 0.185. The van der Waals surface area contributed by atoms with Gasteiger partial charge in [-0.15, -0.1) is 0 Å². The third-order valence-corrected chi connectivity index (χ3v) is 4.22. The van der Waals surface area contributed by atoms with E-state index in [1.165, 1.54) is 5.56 Å². The van der Waals surface area contributed by atoms with Gasteiger partial charge in [-0.2, -0.15) is 0 Å². The van der Waals surface area contributed by atoms with Crippen LogP contribution in [0, 0.1) is 11.8 Å². The summed E-state index contributed by atoms with van der Waals surface area (Å²) in [7, 11) is 0. The maximum atomic E-state index is 2.40. The Kier molecular flexibility index (Phi) is 3.51. The SMILES string of the molecule is CC(C)C(C)C1(c2ccccc2)C=CC=CC1. The molecule has 0 saturated heterocycles. The van der Waals surface area contributed by atoms with Gasteiger partial charge in [0.05, 0.1) is 0 Å². The Morgan fingerprint density at radius 2 is 1.71 bits per heavy atom. The van der Waals surface area contributed by atoms with E-state index in [1.54, 1.807) is 0 Å². The van der Waals surface area contributed by atoms with E-state index in [1.807, 2.05) is 0 Å². The summed E-state index contributed by atoms with van der Waals surface area (Å²) in [5.41, 5.74) is 1.63. The van der Waals surface area contributed by atoms with Crippen LogP contribution >= 0.6 is 0 Å². The Morgan fingerprint density at radius 1 is 1.00 bits per heavy atom. The monoisotopic (exact) mass is 226 g/mol. The van der Waals surface area contributed by atoms with Gasteiger partial charge in [-0.1, -0.05) is 75.4 Å². The predicted molar refractivity (Wildman–Crippen MR) is 75.0 cm³/mol. The lowest BCUT2D eigenvalue weighted by Crippen LogP contribution is -2.35. The second-order valence-electron chi connectivity index (χ2n) is 5.43. The number of hydrogen-bond donors (Lipinski definition) is 0. The Balaban J connectivity index is 2.45. The molecule has 0 saturated carbocycles. The van der Waals surface area contributed by atoms with Crippen molar-refractivity contribution in [3.8, 4) is 0 Å². The first-order valence-electron chi connectivity index (χ1n) is 6.57. The second kappa shape index (κ2) is 4.91. The largest absolute Gasteiger partial charge is 0.0833 e. The molecule has 90 valence electrons. The quantitative estimate of drug-likeness (QED) is 0.698. The van der Waals surface area contributed by atoms with Crippen LogP contribution in [0.3, 0.4) is 0 Å². The molecule has 0 radical (unpaired) electrons. The molecule has 0 spiro atoms. The molecule has 0 nitrogen and oxygen atoms in total. The van der Waals surface area contributed by atoms with Crippen molar-refractivity contribution in [2.24, 2.45) is 11.8 Å². The molecule has 0 aliphatic heterocycles. The molecule has 0 bridgehead atoms. The van der Waals surface area contributed by atoms with Crippen molar-refractivity contribution in [3.63, 3.8) is 0 Å². The van der Waals surface area contributed by atoms with Crippen LogP contribution in [0.5, 0.6) is 0 Å². The van der Waals surface area contributed by atoms with E-state index in [0.717, 1.165) is 6.42 Å². The van der Waals surface area contributed by atoms with Crippen molar-refractivity contribution in [2.45, 2.75) is 32.6 Å². The third-order valence-electron chi connectivity index (χ3n) is 4.22. The van der Waals surface area contributed by atoms with Gasteiger partial charge in [0.1, 0.15) is 0 Å². The summed E-state index contributed by atoms with van der Waals surface area (Å²) < 4.78 is 0. The summed E-state index contributed by atoms with van der Waals surface area (Å²) in [5, 5.41) is 0. The lowest BCUT2D eigenvalue weighted by Gasteiger charge is -2.40. The summed E-state index contributed by atoms with van der Waals surface area (Å²) in [6.07, 6.45) is 10.2. The van der Waals surface area contributed by atoms with Gasteiger partial charge in [-0.3, -0.25) is 0 Å². The number of rotatable bonds is 3. The molecule has 1 aliphatic rings. The van der Waals surface area contributed by atoms with E-state index in [4.69, 9.17) is 0 Å². The molecular formula is C17H22. The van der Waals surface area contributed by atoms with Crippen LogP contribution in [-0.2, 0) is 5.41 Å². The Hall–Kier alpha value is -1.30. The van der Waals surface area contributed by atoms with E-state index in [2.05, 4.69) is 75.4 Å². The van der Waals surface area contributed by atoms with Gasteiger partial charge >= 0.3 is 0 Å². The average Bonchev–Trinajstić information content (AvgIpc) is 2.39. The van der Waals surface area contributed by atoms with Crippen LogP contribution in [0.25, 0.3) is 0 Å². The fraction of sp³-hybridized carbons (Fsp3) is 0.412. The summed E-state index contributed by atoms with van der Waals surface area (Å²) >= 11 is 0. The zero-order chi connectivity index (χ0) is 12.3. The van der Waals surface area contributed by atoms with Crippen LogP contribution in [0.4, 0.5) is 0 Å². The Morgan fingerprint density at radius 3 is 2.24 bits per heavy atom. The van der Waals surface area contributed by atoms with Crippen LogP contribution in [0.1, 0.15) is 32.8 Å². The van der Waals surface area contributed by atoms with Crippen LogP contribution in [0.15, 0.2) is 54.6 Å². The maximum Gasteiger partial charge on any atom is 0.0197 e. The zero-order valence-corrected chi connectivity index (χ0v) is 11.1. The standard InChI is InChI=1S/C17H22/c1-14(2)15(3)17(12-8-5-9-13-17)16-10-6-4-7-11-16/h4-12,14-15H,13H2,1-3H3. The highest BCUT2D eigenvalue weighted by molar-refractivity contribution is 5.36. The van der Waals surface area contributed by atoms with E-state index >= 15 is 0 Å². The molecular weight excluding hydrogens is 204 g/mol. The van der Waals surface area contributed by atoms with Crippen molar-refractivity contribution >= 4 is 0 Å². The highest BCUT2D eigenvalue weighted by Crippen LogP contribution is 2.42. The van der Waals surface area contributed by atoms with Gasteiger partial charge in [0.15, 0.2) is 0 Å². The van der Waals surface area contributed by atoms with Gasteiger partial charge in [0, 0.05) is 5.41 Å². The molecule has 2 atom stereocenters. The van der Waals surface area contributed by atoms with E-state index in [0.29, 0.717) is 11.8 Å². The topological polar surface area (TPSA) is 0 Å². The van der Waals surface area contributed by atoms with Crippen molar-refractivity contribution in [3.05, 3.63) is 60.2 Å². The first-order chi connectivity index (χ1) is 8.17. The van der Waals surface area contributed by atoms with Crippen molar-refractivity contribution in [1.82, 2.24) is 0 Å². The lowest BCUT2D eigenvalue weighted by molar-refractivity contribution is 0.274.